The molecule has 108 valence electrons. The molecule has 1 aromatic carbocycles. The molecular weight excluding hydrogens is 352 g/mol. The number of carbonyl (C=O) groups excluding carboxylic acids is 1. The summed E-state index contributed by atoms with van der Waals surface area (Å²) in [6.07, 6.45) is 2.66. The Hall–Kier alpha value is -0.430. The van der Waals surface area contributed by atoms with Crippen molar-refractivity contribution in [2.24, 2.45) is 5.73 Å². The van der Waals surface area contributed by atoms with E-state index in [1.54, 1.807) is 31.0 Å². The summed E-state index contributed by atoms with van der Waals surface area (Å²) in [6.45, 7) is 0. The van der Waals surface area contributed by atoms with Gasteiger partial charge < -0.3 is 15.8 Å². The minimum absolute atomic E-state index is 0. The Labute approximate surface area is 132 Å². The first kappa shape index (κ1) is 18.6. The van der Waals surface area contributed by atoms with E-state index in [9.17, 15) is 4.79 Å². The van der Waals surface area contributed by atoms with Gasteiger partial charge in [-0.15, -0.1) is 12.4 Å². The van der Waals surface area contributed by atoms with E-state index in [0.29, 0.717) is 17.9 Å². The summed E-state index contributed by atoms with van der Waals surface area (Å²) in [5.41, 5.74) is 6.47. The molecule has 0 aliphatic rings. The largest absolute Gasteiger partial charge is 0.495 e. The number of methoxy groups -OCH3 is 1. The number of halogens is 2. The Balaban J connectivity index is 0.00000324. The molecule has 0 fully saturated rings. The fraction of sp³-hybridized carbons (Fsp3) is 0.417. The highest BCUT2D eigenvalue weighted by atomic mass is 79.9. The van der Waals surface area contributed by atoms with Crippen LogP contribution >= 0.6 is 40.1 Å². The van der Waals surface area contributed by atoms with Crippen LogP contribution in [0, 0.1) is 0 Å². The standard InChI is InChI=1S/C12H17BrN2O2S.ClH/c1-17-11-7-8(3-4-9(11)13)15-12(16)10(14)5-6-18-2;/h3-4,7,10H,5-6,14H2,1-2H3,(H,15,16);1H/t10-;/m0./s1. The van der Waals surface area contributed by atoms with E-state index in [2.05, 4.69) is 21.2 Å². The number of hydrogen-bond acceptors (Lipinski definition) is 4. The van der Waals surface area contributed by atoms with Crippen LogP contribution in [0.5, 0.6) is 5.75 Å². The number of hydrogen-bond donors (Lipinski definition) is 2. The van der Waals surface area contributed by atoms with E-state index >= 15 is 0 Å². The molecule has 3 N–H and O–H groups in total. The van der Waals surface area contributed by atoms with E-state index in [1.165, 1.54) is 0 Å². The molecule has 19 heavy (non-hydrogen) atoms. The number of benzene rings is 1. The predicted octanol–water partition coefficient (Wildman–Crippen LogP) is 2.90. The van der Waals surface area contributed by atoms with Crippen LogP contribution in [0.3, 0.4) is 0 Å². The van der Waals surface area contributed by atoms with Gasteiger partial charge in [-0.05, 0) is 46.5 Å². The molecule has 1 rings (SSSR count). The monoisotopic (exact) mass is 368 g/mol. The van der Waals surface area contributed by atoms with Gasteiger partial charge in [0.15, 0.2) is 0 Å². The predicted molar refractivity (Wildman–Crippen MR) is 87.5 cm³/mol. The molecule has 0 saturated carbocycles. The molecule has 0 aromatic heterocycles. The lowest BCUT2D eigenvalue weighted by molar-refractivity contribution is -0.117. The van der Waals surface area contributed by atoms with Crippen molar-refractivity contribution in [2.75, 3.05) is 24.4 Å². The zero-order valence-electron chi connectivity index (χ0n) is 10.8. The van der Waals surface area contributed by atoms with E-state index in [1.807, 2.05) is 12.3 Å². The Morgan fingerprint density at radius 1 is 1.58 bits per heavy atom. The lowest BCUT2D eigenvalue weighted by Crippen LogP contribution is -2.36. The quantitative estimate of drug-likeness (QED) is 0.809. The number of anilines is 1. The zero-order chi connectivity index (χ0) is 13.5. The third kappa shape index (κ3) is 6.03. The van der Waals surface area contributed by atoms with E-state index in [0.717, 1.165) is 10.2 Å². The van der Waals surface area contributed by atoms with Gasteiger partial charge in [-0.25, -0.2) is 0 Å². The summed E-state index contributed by atoms with van der Waals surface area (Å²) < 4.78 is 6.00. The van der Waals surface area contributed by atoms with Gasteiger partial charge in [0.2, 0.25) is 5.91 Å². The molecule has 0 radical (unpaired) electrons. The van der Waals surface area contributed by atoms with Crippen LogP contribution in [0.15, 0.2) is 22.7 Å². The summed E-state index contributed by atoms with van der Waals surface area (Å²) in [5.74, 6) is 1.37. The van der Waals surface area contributed by atoms with E-state index in [4.69, 9.17) is 10.5 Å². The van der Waals surface area contributed by atoms with Gasteiger partial charge in [0, 0.05) is 11.8 Å². The van der Waals surface area contributed by atoms with Gasteiger partial charge in [0.1, 0.15) is 5.75 Å². The lowest BCUT2D eigenvalue weighted by Gasteiger charge is -2.12. The SMILES string of the molecule is COc1cc(NC(=O)[C@@H](N)CCSC)ccc1Br.Cl. The van der Waals surface area contributed by atoms with Crippen LogP contribution in [0.25, 0.3) is 0 Å². The Morgan fingerprint density at radius 2 is 2.26 bits per heavy atom. The first-order chi connectivity index (χ1) is 8.58. The van der Waals surface area contributed by atoms with Crippen molar-refractivity contribution in [3.8, 4) is 5.75 Å². The average Bonchev–Trinajstić information content (AvgIpc) is 2.37. The summed E-state index contributed by atoms with van der Waals surface area (Å²) in [4.78, 5) is 11.8. The fourth-order valence-corrected chi connectivity index (χ4v) is 2.25. The minimum atomic E-state index is -0.480. The molecular formula is C12H18BrClN2O2S. The molecule has 1 aromatic rings. The first-order valence-electron chi connectivity index (χ1n) is 5.47. The second-order valence-corrected chi connectivity index (χ2v) is 5.57. The zero-order valence-corrected chi connectivity index (χ0v) is 14.0. The van der Waals surface area contributed by atoms with Crippen LogP contribution < -0.4 is 15.8 Å². The summed E-state index contributed by atoms with van der Waals surface area (Å²) in [6, 6.07) is 4.89. The number of thioether (sulfide) groups is 1. The summed E-state index contributed by atoms with van der Waals surface area (Å²) in [7, 11) is 1.58. The number of amides is 1. The van der Waals surface area contributed by atoms with Gasteiger partial charge in [-0.1, -0.05) is 0 Å². The van der Waals surface area contributed by atoms with Gasteiger partial charge in [0.05, 0.1) is 17.6 Å². The van der Waals surface area contributed by atoms with E-state index < -0.39 is 6.04 Å². The number of carbonyl (C=O) groups is 1. The molecule has 0 spiro atoms. The molecule has 0 heterocycles. The highest BCUT2D eigenvalue weighted by molar-refractivity contribution is 9.10. The van der Waals surface area contributed by atoms with Crippen LogP contribution in [0.2, 0.25) is 0 Å². The van der Waals surface area contributed by atoms with Crippen LogP contribution in [0.4, 0.5) is 5.69 Å². The van der Waals surface area contributed by atoms with Crippen LogP contribution in [-0.2, 0) is 4.79 Å². The lowest BCUT2D eigenvalue weighted by atomic mass is 10.2. The highest BCUT2D eigenvalue weighted by Crippen LogP contribution is 2.27. The van der Waals surface area contributed by atoms with Gasteiger partial charge >= 0.3 is 0 Å². The van der Waals surface area contributed by atoms with Gasteiger partial charge in [-0.2, -0.15) is 11.8 Å². The molecule has 0 aliphatic carbocycles. The second-order valence-electron chi connectivity index (χ2n) is 3.73. The third-order valence-electron chi connectivity index (χ3n) is 2.39. The summed E-state index contributed by atoms with van der Waals surface area (Å²) >= 11 is 5.03. The molecule has 7 heteroatoms. The Morgan fingerprint density at radius 3 is 2.84 bits per heavy atom. The van der Waals surface area contributed by atoms with Crippen LogP contribution in [-0.4, -0.2) is 31.1 Å². The number of rotatable bonds is 6. The van der Waals surface area contributed by atoms with Crippen molar-refractivity contribution in [3.63, 3.8) is 0 Å². The number of nitrogens with two attached hydrogens (primary N) is 1. The van der Waals surface area contributed by atoms with Gasteiger partial charge in [0.25, 0.3) is 0 Å². The smallest absolute Gasteiger partial charge is 0.241 e. The van der Waals surface area contributed by atoms with Crippen molar-refractivity contribution in [1.29, 1.82) is 0 Å². The van der Waals surface area contributed by atoms with Crippen molar-refractivity contribution < 1.29 is 9.53 Å². The molecule has 0 bridgehead atoms. The van der Waals surface area contributed by atoms with Crippen LogP contribution in [0.1, 0.15) is 6.42 Å². The molecule has 1 atom stereocenters. The van der Waals surface area contributed by atoms with Gasteiger partial charge in [-0.3, -0.25) is 4.79 Å². The molecule has 1 amide bonds. The van der Waals surface area contributed by atoms with E-state index in [-0.39, 0.29) is 18.3 Å². The molecule has 0 saturated heterocycles. The maximum absolute atomic E-state index is 11.8. The third-order valence-corrected chi connectivity index (χ3v) is 3.69. The first-order valence-corrected chi connectivity index (χ1v) is 7.66. The minimum Gasteiger partial charge on any atom is -0.495 e. The van der Waals surface area contributed by atoms with Crippen molar-refractivity contribution in [2.45, 2.75) is 12.5 Å². The normalized spacial score (nSPS) is 11.4. The number of ether oxygens (including phenoxy) is 1. The van der Waals surface area contributed by atoms with Crippen molar-refractivity contribution in [1.82, 2.24) is 0 Å². The maximum atomic E-state index is 11.8. The summed E-state index contributed by atoms with van der Waals surface area (Å²) in [5, 5.41) is 2.78. The number of nitrogens with one attached hydrogen (secondary N) is 1. The Kier molecular flexibility index (Phi) is 9.26. The van der Waals surface area contributed by atoms with Crippen molar-refractivity contribution >= 4 is 51.7 Å². The average molecular weight is 370 g/mol. The molecule has 4 nitrogen and oxygen atoms in total. The molecule has 0 unspecified atom stereocenters. The molecule has 0 aliphatic heterocycles. The topological polar surface area (TPSA) is 64.3 Å². The fourth-order valence-electron chi connectivity index (χ4n) is 1.35. The van der Waals surface area contributed by atoms with Crippen molar-refractivity contribution in [3.05, 3.63) is 22.7 Å². The highest BCUT2D eigenvalue weighted by Gasteiger charge is 2.13. The Bertz CT molecular complexity index is 421. The maximum Gasteiger partial charge on any atom is 0.241 e. The second kappa shape index (κ2) is 9.47.